The summed E-state index contributed by atoms with van der Waals surface area (Å²) in [5.41, 5.74) is 0. The molecule has 0 aliphatic rings. The second-order valence-electron chi connectivity index (χ2n) is 0.993. The molecule has 0 amide bonds. The average Bonchev–Trinajstić information content (AvgIpc) is 1.41. The molecule has 35 valence electrons. The quantitative estimate of drug-likeness (QED) is 0.665. The zero-order chi connectivity index (χ0) is 4.12. The van der Waals surface area contributed by atoms with E-state index >= 15 is 0 Å². The van der Waals surface area contributed by atoms with Crippen LogP contribution in [0.1, 0.15) is 13.3 Å². The van der Waals surface area contributed by atoms with Gasteiger partial charge in [-0.3, -0.25) is 0 Å². The Labute approximate surface area is 67.1 Å². The summed E-state index contributed by atoms with van der Waals surface area (Å²) in [6.45, 7) is 2.98. The van der Waals surface area contributed by atoms with Gasteiger partial charge in [-0.05, 0) is 6.42 Å². The smallest absolute Gasteiger partial charge is 0.0459 e. The van der Waals surface area contributed by atoms with Crippen molar-refractivity contribution in [3.63, 3.8) is 0 Å². The Bertz CT molecular complexity index is 15.0. The van der Waals surface area contributed by atoms with E-state index in [-0.39, 0.29) is 35.6 Å². The van der Waals surface area contributed by atoms with Gasteiger partial charge >= 0.3 is 0 Å². The first-order valence-electron chi connectivity index (χ1n) is 1.90. The first-order valence-corrected chi connectivity index (χ1v) is 1.90. The third kappa shape index (κ3) is 8.94. The summed E-state index contributed by atoms with van der Waals surface area (Å²) >= 11 is 0. The fourth-order valence-corrected chi connectivity index (χ4v) is 0.204. The van der Waals surface area contributed by atoms with Crippen molar-refractivity contribution in [3.8, 4) is 0 Å². The molecule has 0 saturated heterocycles. The molecule has 0 unspecified atom stereocenters. The molecule has 6 heavy (non-hydrogen) atoms. The van der Waals surface area contributed by atoms with E-state index in [4.69, 9.17) is 4.74 Å². The average molecular weight is 213 g/mol. The largest absolute Gasteiger partial charge is 0.385 e. The molecule has 0 atom stereocenters. The first kappa shape index (κ1) is 10.2. The third-order valence-electron chi connectivity index (χ3n) is 0.408. The predicted octanol–water partition coefficient (Wildman–Crippen LogP) is 1.04. The maximum Gasteiger partial charge on any atom is 0.0459 e. The molecular weight excluding hydrogens is 203 g/mol. The molecule has 0 heterocycles. The van der Waals surface area contributed by atoms with Crippen molar-refractivity contribution < 1.29 is 40.3 Å². The summed E-state index contributed by atoms with van der Waals surface area (Å²) in [5.74, 6) is 0. The predicted molar refractivity (Wildman–Crippen MR) is 22.2 cm³/mol. The van der Waals surface area contributed by atoms with Gasteiger partial charge in [-0.1, -0.05) is 6.92 Å². The minimum Gasteiger partial charge on any atom is -0.385 e. The van der Waals surface area contributed by atoms with Crippen LogP contribution in [-0.4, -0.2) is 13.7 Å². The molecule has 0 bridgehead atoms. The summed E-state index contributed by atoms with van der Waals surface area (Å²) in [6.07, 6.45) is 1.12. The van der Waals surface area contributed by atoms with Crippen LogP contribution < -0.4 is 0 Å². The van der Waals surface area contributed by atoms with Gasteiger partial charge in [0.25, 0.3) is 0 Å². The van der Waals surface area contributed by atoms with Crippen molar-refractivity contribution in [1.82, 2.24) is 0 Å². The second-order valence-corrected chi connectivity index (χ2v) is 0.993. The van der Waals surface area contributed by atoms with Gasteiger partial charge in [-0.2, -0.15) is 0 Å². The van der Waals surface area contributed by atoms with Crippen LogP contribution in [0.15, 0.2) is 0 Å². The Kier molecular flexibility index (Phi) is 16.1. The molecule has 1 nitrogen and oxygen atoms in total. The summed E-state index contributed by atoms with van der Waals surface area (Å²) in [5, 5.41) is 0. The van der Waals surface area contributed by atoms with Crippen molar-refractivity contribution in [2.24, 2.45) is 0 Å². The van der Waals surface area contributed by atoms with Crippen molar-refractivity contribution in [1.29, 1.82) is 0 Å². The Morgan fingerprint density at radius 2 is 2.00 bits per heavy atom. The molecule has 2 heteroatoms. The summed E-state index contributed by atoms with van der Waals surface area (Å²) < 4.78 is 4.69. The van der Waals surface area contributed by atoms with Crippen molar-refractivity contribution in [2.45, 2.75) is 13.3 Å². The molecule has 0 fully saturated rings. The minimum absolute atomic E-state index is 0. The van der Waals surface area contributed by atoms with E-state index in [9.17, 15) is 0 Å². The Morgan fingerprint density at radius 3 is 2.00 bits per heavy atom. The molecule has 0 N–H and O–H groups in total. The van der Waals surface area contributed by atoms with Crippen LogP contribution in [0.3, 0.4) is 0 Å². The van der Waals surface area contributed by atoms with E-state index < -0.39 is 0 Å². The number of methoxy groups -OCH3 is 1. The minimum atomic E-state index is 0. The van der Waals surface area contributed by atoms with Crippen LogP contribution in [0, 0.1) is 35.6 Å². The monoisotopic (exact) mass is 213 g/mol. The number of hydrogen-bond donors (Lipinski definition) is 0. The molecule has 0 spiro atoms. The van der Waals surface area contributed by atoms with Crippen LogP contribution >= 0.6 is 0 Å². The van der Waals surface area contributed by atoms with E-state index in [0.29, 0.717) is 0 Å². The first-order chi connectivity index (χ1) is 2.41. The molecule has 1 radical (unpaired) electrons. The van der Waals surface area contributed by atoms with Crippen molar-refractivity contribution in [2.75, 3.05) is 13.7 Å². The van der Waals surface area contributed by atoms with Crippen LogP contribution in [-0.2, 0) is 4.74 Å². The Hall–Kier alpha value is 1.15. The van der Waals surface area contributed by atoms with Crippen LogP contribution in [0.4, 0.5) is 0 Å². The molecule has 0 saturated carbocycles. The SMILES string of the molecule is CCCOC.[La]. The Balaban J connectivity index is 0. The van der Waals surface area contributed by atoms with Gasteiger partial charge in [-0.15, -0.1) is 0 Å². The van der Waals surface area contributed by atoms with Gasteiger partial charge in [-0.25, -0.2) is 0 Å². The topological polar surface area (TPSA) is 9.23 Å². The molecular formula is C4H10LaO. The van der Waals surface area contributed by atoms with Gasteiger partial charge < -0.3 is 4.74 Å². The molecule has 0 aromatic carbocycles. The number of rotatable bonds is 2. The molecule has 0 aliphatic heterocycles. The maximum atomic E-state index is 4.69. The molecule has 0 aromatic rings. The van der Waals surface area contributed by atoms with E-state index in [0.717, 1.165) is 13.0 Å². The van der Waals surface area contributed by atoms with Gasteiger partial charge in [0.05, 0.1) is 0 Å². The summed E-state index contributed by atoms with van der Waals surface area (Å²) in [7, 11) is 1.71. The molecule has 0 aliphatic carbocycles. The van der Waals surface area contributed by atoms with E-state index in [2.05, 4.69) is 6.92 Å². The second kappa shape index (κ2) is 9.47. The van der Waals surface area contributed by atoms with Crippen molar-refractivity contribution >= 4 is 0 Å². The fourth-order valence-electron chi connectivity index (χ4n) is 0.204. The van der Waals surface area contributed by atoms with Crippen molar-refractivity contribution in [3.05, 3.63) is 0 Å². The van der Waals surface area contributed by atoms with Crippen LogP contribution in [0.2, 0.25) is 0 Å². The molecule has 0 aromatic heterocycles. The zero-order valence-electron chi connectivity index (χ0n) is 4.40. The van der Waals surface area contributed by atoms with Gasteiger partial charge in [0.2, 0.25) is 0 Å². The van der Waals surface area contributed by atoms with Gasteiger partial charge in [0.15, 0.2) is 0 Å². The molecule has 0 rings (SSSR count). The van der Waals surface area contributed by atoms with E-state index in [1.54, 1.807) is 7.11 Å². The number of hydrogen-bond acceptors (Lipinski definition) is 1. The van der Waals surface area contributed by atoms with E-state index in [1.165, 1.54) is 0 Å². The fraction of sp³-hybridized carbons (Fsp3) is 1.00. The Morgan fingerprint density at radius 1 is 1.50 bits per heavy atom. The van der Waals surface area contributed by atoms with Crippen LogP contribution in [0.25, 0.3) is 0 Å². The normalized spacial score (nSPS) is 7.00. The zero-order valence-corrected chi connectivity index (χ0v) is 8.03. The summed E-state index contributed by atoms with van der Waals surface area (Å²) in [6, 6.07) is 0. The third-order valence-corrected chi connectivity index (χ3v) is 0.408. The van der Waals surface area contributed by atoms with Crippen LogP contribution in [0.5, 0.6) is 0 Å². The maximum absolute atomic E-state index is 4.69. The summed E-state index contributed by atoms with van der Waals surface area (Å²) in [4.78, 5) is 0. The number of ether oxygens (including phenoxy) is 1. The van der Waals surface area contributed by atoms with Gasteiger partial charge in [0.1, 0.15) is 0 Å². The van der Waals surface area contributed by atoms with Gasteiger partial charge in [0, 0.05) is 49.3 Å². The standard InChI is InChI=1S/C4H10O.La/c1-3-4-5-2;/h3-4H2,1-2H3;. The van der Waals surface area contributed by atoms with E-state index in [1.807, 2.05) is 0 Å².